The Labute approximate surface area is 243 Å². The molecule has 0 unspecified atom stereocenters. The molecule has 0 saturated heterocycles. The van der Waals surface area contributed by atoms with Crippen LogP contribution in [-0.2, 0) is 29.9 Å². The first-order valence-electron chi connectivity index (χ1n) is 12.7. The van der Waals surface area contributed by atoms with Crippen LogP contribution in [0.25, 0.3) is 0 Å². The third kappa shape index (κ3) is 6.08. The quantitative estimate of drug-likeness (QED) is 0.247. The van der Waals surface area contributed by atoms with Crippen molar-refractivity contribution in [3.8, 4) is 11.8 Å². The molecular weight excluding hydrogens is 637 g/mol. The second-order valence-electron chi connectivity index (χ2n) is 11.0. The maximum absolute atomic E-state index is 15.0. The number of carbonyl (C=O) groups excluding carboxylic acids is 1. The number of rotatable bonds is 7. The van der Waals surface area contributed by atoms with Crippen LogP contribution < -0.4 is 0 Å². The third-order valence-corrected chi connectivity index (χ3v) is 7.65. The van der Waals surface area contributed by atoms with E-state index in [1.165, 1.54) is 20.0 Å². The summed E-state index contributed by atoms with van der Waals surface area (Å²) in [5.74, 6) is -4.15. The lowest BCUT2D eigenvalue weighted by Gasteiger charge is -2.19. The van der Waals surface area contributed by atoms with E-state index in [9.17, 15) is 40.6 Å². The lowest BCUT2D eigenvalue weighted by molar-refractivity contribution is -0.142. The Bertz CT molecular complexity index is 1620. The van der Waals surface area contributed by atoms with Gasteiger partial charge < -0.3 is 5.11 Å². The molecule has 3 atom stereocenters. The van der Waals surface area contributed by atoms with Gasteiger partial charge in [0, 0.05) is 36.1 Å². The molecule has 222 valence electrons. The molecule has 1 fully saturated rings. The SMILES string of the molecule is CC(C)(O)C#Cc1ncc(Br)c([C@@H](CC(=O)Cn2nc(C(F)(F)F)c3c2C(F)(F)[C@@H]2C[C@H]32)Cc2cc(F)cc(F)c2)n1. The number of nitrogens with zero attached hydrogens (tertiary/aromatic N) is 4. The van der Waals surface area contributed by atoms with Crippen LogP contribution >= 0.6 is 15.9 Å². The molecule has 5 rings (SSSR count). The van der Waals surface area contributed by atoms with E-state index in [0.29, 0.717) is 10.7 Å². The fourth-order valence-electron chi connectivity index (χ4n) is 5.31. The number of hydrogen-bond acceptors (Lipinski definition) is 5. The lowest BCUT2D eigenvalue weighted by Crippen LogP contribution is -2.24. The molecule has 2 aromatic heterocycles. The van der Waals surface area contributed by atoms with Crippen LogP contribution in [0.4, 0.5) is 30.7 Å². The third-order valence-electron chi connectivity index (χ3n) is 7.04. The number of fused-ring (bicyclic) bond motifs is 3. The predicted molar refractivity (Wildman–Crippen MR) is 137 cm³/mol. The number of Topliss-reactive ketones (excluding diaryl/α,β-unsaturated/α-hetero) is 1. The maximum Gasteiger partial charge on any atom is 0.435 e. The van der Waals surface area contributed by atoms with Gasteiger partial charge in [0.25, 0.3) is 5.92 Å². The smallest absolute Gasteiger partial charge is 0.378 e. The molecule has 6 nitrogen and oxygen atoms in total. The van der Waals surface area contributed by atoms with Crippen LogP contribution in [0, 0.1) is 29.4 Å². The molecule has 2 aliphatic rings. The second kappa shape index (κ2) is 10.4. The summed E-state index contributed by atoms with van der Waals surface area (Å²) < 4.78 is 99.6. The Hall–Kier alpha value is -3.31. The number of carbonyl (C=O) groups is 1. The summed E-state index contributed by atoms with van der Waals surface area (Å²) in [5, 5.41) is 13.3. The number of halogens is 8. The summed E-state index contributed by atoms with van der Waals surface area (Å²) >= 11 is 3.29. The first-order chi connectivity index (χ1) is 19.4. The predicted octanol–water partition coefficient (Wildman–Crippen LogP) is 6.05. The normalized spacial score (nSPS) is 19.5. The van der Waals surface area contributed by atoms with Gasteiger partial charge in [-0.2, -0.15) is 27.1 Å². The van der Waals surface area contributed by atoms with Crippen LogP contribution in [0.1, 0.15) is 72.6 Å². The van der Waals surface area contributed by atoms with Gasteiger partial charge >= 0.3 is 6.18 Å². The zero-order chi connectivity index (χ0) is 30.8. The Morgan fingerprint density at radius 1 is 1.21 bits per heavy atom. The number of hydrogen-bond donors (Lipinski definition) is 1. The largest absolute Gasteiger partial charge is 0.435 e. The van der Waals surface area contributed by atoms with Crippen molar-refractivity contribution in [3.05, 3.63) is 74.5 Å². The summed E-state index contributed by atoms with van der Waals surface area (Å²) in [6.45, 7) is 1.99. The van der Waals surface area contributed by atoms with Crippen LogP contribution in [0.3, 0.4) is 0 Å². The van der Waals surface area contributed by atoms with E-state index in [2.05, 4.69) is 42.8 Å². The van der Waals surface area contributed by atoms with Gasteiger partial charge in [0.05, 0.1) is 10.2 Å². The van der Waals surface area contributed by atoms with Crippen molar-refractivity contribution in [1.82, 2.24) is 19.7 Å². The van der Waals surface area contributed by atoms with E-state index in [0.717, 1.165) is 12.1 Å². The van der Waals surface area contributed by atoms with Gasteiger partial charge in [0.15, 0.2) is 11.5 Å². The zero-order valence-electron chi connectivity index (χ0n) is 22.0. The number of benzene rings is 1. The van der Waals surface area contributed by atoms with E-state index >= 15 is 0 Å². The van der Waals surface area contributed by atoms with Gasteiger partial charge in [-0.25, -0.2) is 18.7 Å². The zero-order valence-corrected chi connectivity index (χ0v) is 23.6. The van der Waals surface area contributed by atoms with E-state index in [1.54, 1.807) is 0 Å². The van der Waals surface area contributed by atoms with Gasteiger partial charge in [0.2, 0.25) is 5.82 Å². The van der Waals surface area contributed by atoms with Crippen LogP contribution in [-0.4, -0.2) is 36.2 Å². The highest BCUT2D eigenvalue weighted by Gasteiger charge is 2.68. The average Bonchev–Trinajstić information content (AvgIpc) is 3.50. The van der Waals surface area contributed by atoms with Crippen molar-refractivity contribution in [2.24, 2.45) is 5.92 Å². The number of aliphatic hydroxyl groups is 1. The molecule has 1 aromatic carbocycles. The van der Waals surface area contributed by atoms with Crippen molar-refractivity contribution in [2.45, 2.75) is 69.2 Å². The van der Waals surface area contributed by atoms with Gasteiger partial charge in [-0.05, 0) is 72.2 Å². The summed E-state index contributed by atoms with van der Waals surface area (Å²) in [7, 11) is 0. The molecule has 0 amide bonds. The molecule has 0 spiro atoms. The minimum Gasteiger partial charge on any atom is -0.378 e. The lowest BCUT2D eigenvalue weighted by atomic mass is 9.91. The summed E-state index contributed by atoms with van der Waals surface area (Å²) in [6, 6.07) is 2.76. The molecule has 1 saturated carbocycles. The molecule has 0 aliphatic heterocycles. The van der Waals surface area contributed by atoms with Crippen molar-refractivity contribution < 1.29 is 40.6 Å². The summed E-state index contributed by atoms with van der Waals surface area (Å²) in [6.07, 6.45) is -4.36. The fraction of sp³-hybridized carbons (Fsp3) is 0.429. The molecule has 0 bridgehead atoms. The number of alkyl halides is 5. The molecule has 1 N–H and O–H groups in total. The second-order valence-corrected chi connectivity index (χ2v) is 11.8. The fourth-order valence-corrected chi connectivity index (χ4v) is 5.83. The minimum absolute atomic E-state index is 0.0446. The topological polar surface area (TPSA) is 80.9 Å². The Morgan fingerprint density at radius 3 is 2.50 bits per heavy atom. The highest BCUT2D eigenvalue weighted by Crippen LogP contribution is 2.68. The van der Waals surface area contributed by atoms with Crippen molar-refractivity contribution in [2.75, 3.05) is 0 Å². The Morgan fingerprint density at radius 2 is 1.88 bits per heavy atom. The average molecular weight is 659 g/mol. The minimum atomic E-state index is -4.98. The molecule has 2 heterocycles. The first-order valence-corrected chi connectivity index (χ1v) is 13.5. The summed E-state index contributed by atoms with van der Waals surface area (Å²) in [5.41, 5.74) is -3.95. The van der Waals surface area contributed by atoms with Crippen molar-refractivity contribution in [1.29, 1.82) is 0 Å². The van der Waals surface area contributed by atoms with Gasteiger partial charge in [-0.1, -0.05) is 5.92 Å². The van der Waals surface area contributed by atoms with Crippen molar-refractivity contribution in [3.63, 3.8) is 0 Å². The monoisotopic (exact) mass is 658 g/mol. The Balaban J connectivity index is 1.49. The van der Waals surface area contributed by atoms with E-state index in [1.807, 2.05) is 0 Å². The van der Waals surface area contributed by atoms with E-state index in [4.69, 9.17) is 0 Å². The molecule has 2 aliphatic carbocycles. The van der Waals surface area contributed by atoms with Gasteiger partial charge in [-0.3, -0.25) is 9.48 Å². The standard InChI is InChI=1S/C28H22BrF7N4O2/c1-26(2,42)4-3-21-37-11-20(29)23(38-21)14(5-13-6-15(30)9-16(31)7-13)8-17(41)12-40-25-22(24(39-40)28(34,35)36)18-10-19(18)27(25,32)33/h6-7,9,11,14,18-19,42H,5,8,10,12H2,1-2H3/t14-,18+,19-/m1/s1. The van der Waals surface area contributed by atoms with Gasteiger partial charge in [0.1, 0.15) is 29.5 Å². The van der Waals surface area contributed by atoms with Crippen LogP contribution in [0.5, 0.6) is 0 Å². The maximum atomic E-state index is 15.0. The number of ketones is 1. The molecule has 42 heavy (non-hydrogen) atoms. The Kier molecular flexibility index (Phi) is 7.50. The highest BCUT2D eigenvalue weighted by atomic mass is 79.9. The van der Waals surface area contributed by atoms with Crippen LogP contribution in [0.15, 0.2) is 28.9 Å². The first kappa shape index (κ1) is 30.2. The molecule has 14 heteroatoms. The summed E-state index contributed by atoms with van der Waals surface area (Å²) in [4.78, 5) is 21.7. The van der Waals surface area contributed by atoms with Gasteiger partial charge in [-0.15, -0.1) is 0 Å². The van der Waals surface area contributed by atoms with E-state index < -0.39 is 82.8 Å². The highest BCUT2D eigenvalue weighted by molar-refractivity contribution is 9.10. The molecule has 3 aromatic rings. The van der Waals surface area contributed by atoms with Crippen molar-refractivity contribution >= 4 is 21.7 Å². The van der Waals surface area contributed by atoms with E-state index in [-0.39, 0.29) is 34.4 Å². The molecule has 0 radical (unpaired) electrons. The number of aromatic nitrogens is 4. The molecular formula is C28H22BrF7N4O2. The van der Waals surface area contributed by atoms with Crippen LogP contribution in [0.2, 0.25) is 0 Å².